The van der Waals surface area contributed by atoms with Crippen LogP contribution in [-0.2, 0) is 30.9 Å². The second kappa shape index (κ2) is 9.02. The maximum atomic E-state index is 13.7. The highest BCUT2D eigenvalue weighted by atomic mass is 16.6. The molecule has 202 valence electrons. The Kier molecular flexibility index (Phi) is 6.35. The van der Waals surface area contributed by atoms with Crippen molar-refractivity contribution in [2.24, 2.45) is 5.41 Å². The van der Waals surface area contributed by atoms with E-state index in [0.717, 1.165) is 61.3 Å². The van der Waals surface area contributed by atoms with Gasteiger partial charge in [-0.05, 0) is 49.4 Å². The lowest BCUT2D eigenvalue weighted by molar-refractivity contribution is -0.228. The van der Waals surface area contributed by atoms with Gasteiger partial charge < -0.3 is 24.2 Å². The monoisotopic (exact) mass is 512 g/mol. The Morgan fingerprint density at radius 3 is 2.57 bits per heavy atom. The number of unbranched alkanes of at least 4 members (excludes halogenated alkanes) is 1. The summed E-state index contributed by atoms with van der Waals surface area (Å²) in [5.74, 6) is -0.491. The molecule has 5 rings (SSSR count). The van der Waals surface area contributed by atoms with Crippen LogP contribution >= 0.6 is 0 Å². The highest BCUT2D eigenvalue weighted by Crippen LogP contribution is 2.67. The first-order chi connectivity index (χ1) is 17.7. The van der Waals surface area contributed by atoms with Crippen molar-refractivity contribution in [1.82, 2.24) is 4.90 Å². The van der Waals surface area contributed by atoms with Crippen molar-refractivity contribution in [2.75, 3.05) is 39.3 Å². The average molecular weight is 513 g/mol. The Bertz CT molecular complexity index is 1140. The van der Waals surface area contributed by atoms with Crippen LogP contribution in [0.5, 0.6) is 5.75 Å². The van der Waals surface area contributed by atoms with Crippen molar-refractivity contribution in [3.8, 4) is 5.75 Å². The van der Waals surface area contributed by atoms with E-state index < -0.39 is 40.5 Å². The molecule has 1 spiro atoms. The Morgan fingerprint density at radius 1 is 1.19 bits per heavy atom. The molecule has 8 heteroatoms. The minimum absolute atomic E-state index is 0.0644. The van der Waals surface area contributed by atoms with E-state index in [2.05, 4.69) is 43.0 Å². The molecule has 37 heavy (non-hydrogen) atoms. The molecule has 0 radical (unpaired) electrons. The number of aliphatic hydroxyl groups is 1. The molecule has 3 aliphatic heterocycles. The van der Waals surface area contributed by atoms with Gasteiger partial charge >= 0.3 is 11.9 Å². The third-order valence-corrected chi connectivity index (χ3v) is 9.61. The molecule has 1 N–H and O–H groups in total. The summed E-state index contributed by atoms with van der Waals surface area (Å²) in [6.45, 7) is 7.16. The summed E-state index contributed by atoms with van der Waals surface area (Å²) in [7, 11) is 4.89. The van der Waals surface area contributed by atoms with Crippen molar-refractivity contribution in [3.63, 3.8) is 0 Å². The number of hydrogen-bond acceptors (Lipinski definition) is 8. The van der Waals surface area contributed by atoms with Crippen LogP contribution in [0.15, 0.2) is 24.3 Å². The van der Waals surface area contributed by atoms with Crippen molar-refractivity contribution in [3.05, 3.63) is 35.4 Å². The number of benzene rings is 1. The van der Waals surface area contributed by atoms with Crippen LogP contribution in [0.25, 0.3) is 0 Å². The largest absolute Gasteiger partial charge is 0.496 e. The summed E-state index contributed by atoms with van der Waals surface area (Å²) in [5.41, 5.74) is -0.216. The number of anilines is 1. The standard InChI is InChI=1S/C29H40N2O6/c1-7-9-11-19-16-20-21(17-22(19)35-5)30(4)24-28(20)13-15-31-14-10-12-27(8-2,23(28)31)25(37-18(3)32)29(24,34)26(33)36-6/h10,12,16-17,23-25,34H,7-9,11,13-15H2,1-6H3/t23-,24+,25+,27+,28+,29-/m0/s1. The van der Waals surface area contributed by atoms with Crippen LogP contribution in [-0.4, -0.2) is 80.1 Å². The highest BCUT2D eigenvalue weighted by Gasteiger charge is 2.80. The summed E-state index contributed by atoms with van der Waals surface area (Å²) >= 11 is 0. The highest BCUT2D eigenvalue weighted by molar-refractivity contribution is 5.87. The number of ether oxygens (including phenoxy) is 3. The number of methoxy groups -OCH3 is 2. The maximum absolute atomic E-state index is 13.7. The molecule has 1 aromatic carbocycles. The van der Waals surface area contributed by atoms with Crippen molar-refractivity contribution in [2.45, 2.75) is 82.1 Å². The van der Waals surface area contributed by atoms with Gasteiger partial charge in [0.25, 0.3) is 0 Å². The SMILES string of the molecule is CCCCc1cc2c(cc1OC)N(C)[C@H]1[C@@](O)(C(=O)OC)[C@H](OC(C)=O)[C@]3(CC)C=CCN4CC[C@]21[C@@H]43. The van der Waals surface area contributed by atoms with Gasteiger partial charge in [0.05, 0.1) is 20.3 Å². The van der Waals surface area contributed by atoms with E-state index in [-0.39, 0.29) is 6.04 Å². The van der Waals surface area contributed by atoms with Gasteiger partial charge in [-0.15, -0.1) is 0 Å². The lowest BCUT2D eigenvalue weighted by Crippen LogP contribution is -2.81. The zero-order valence-corrected chi connectivity index (χ0v) is 22.9. The molecule has 0 aromatic heterocycles. The van der Waals surface area contributed by atoms with E-state index in [1.165, 1.54) is 14.0 Å². The van der Waals surface area contributed by atoms with Crippen molar-refractivity contribution < 1.29 is 28.9 Å². The first kappa shape index (κ1) is 26.0. The lowest BCUT2D eigenvalue weighted by Gasteiger charge is -2.63. The first-order valence-corrected chi connectivity index (χ1v) is 13.5. The summed E-state index contributed by atoms with van der Waals surface area (Å²) in [5, 5.41) is 12.7. The summed E-state index contributed by atoms with van der Waals surface area (Å²) in [6, 6.07) is 3.57. The van der Waals surface area contributed by atoms with E-state index in [9.17, 15) is 14.7 Å². The smallest absolute Gasteiger partial charge is 0.344 e. The van der Waals surface area contributed by atoms with Gasteiger partial charge in [0, 0.05) is 49.1 Å². The molecule has 0 unspecified atom stereocenters. The van der Waals surface area contributed by atoms with Crippen LogP contribution in [0, 0.1) is 5.41 Å². The molecular weight excluding hydrogens is 472 g/mol. The van der Waals surface area contributed by atoms with Gasteiger partial charge in [-0.2, -0.15) is 0 Å². The molecule has 1 saturated carbocycles. The minimum Gasteiger partial charge on any atom is -0.496 e. The normalized spacial score (nSPS) is 35.5. The Labute approximate surface area is 219 Å². The Hall–Kier alpha value is -2.58. The van der Waals surface area contributed by atoms with E-state index in [1.54, 1.807) is 7.11 Å². The first-order valence-electron chi connectivity index (χ1n) is 13.5. The number of carbonyl (C=O) groups excluding carboxylic acids is 2. The Balaban J connectivity index is 1.84. The lowest BCUT2D eigenvalue weighted by atomic mass is 9.47. The maximum Gasteiger partial charge on any atom is 0.344 e. The Morgan fingerprint density at radius 2 is 1.95 bits per heavy atom. The van der Waals surface area contributed by atoms with Crippen LogP contribution in [0.2, 0.25) is 0 Å². The molecular formula is C29H40N2O6. The van der Waals surface area contributed by atoms with Gasteiger partial charge in [-0.1, -0.05) is 32.4 Å². The molecule has 6 atom stereocenters. The molecule has 4 aliphatic rings. The predicted molar refractivity (Wildman–Crippen MR) is 140 cm³/mol. The summed E-state index contributed by atoms with van der Waals surface area (Å²) < 4.78 is 17.1. The number of fused-ring (bicyclic) bond motifs is 1. The zero-order chi connectivity index (χ0) is 26.8. The fraction of sp³-hybridized carbons (Fsp3) is 0.655. The van der Waals surface area contributed by atoms with Gasteiger partial charge in [-0.3, -0.25) is 9.69 Å². The number of carbonyl (C=O) groups is 2. The van der Waals surface area contributed by atoms with Crippen molar-refractivity contribution >= 4 is 17.6 Å². The fourth-order valence-corrected chi connectivity index (χ4v) is 8.38. The molecule has 3 heterocycles. The van der Waals surface area contributed by atoms with Gasteiger partial charge in [0.2, 0.25) is 5.60 Å². The molecule has 0 amide bonds. The molecule has 2 fully saturated rings. The van der Waals surface area contributed by atoms with Crippen LogP contribution < -0.4 is 9.64 Å². The zero-order valence-electron chi connectivity index (χ0n) is 22.9. The number of esters is 2. The molecule has 1 aliphatic carbocycles. The van der Waals surface area contributed by atoms with Gasteiger partial charge in [0.15, 0.2) is 6.10 Å². The number of likely N-dealkylation sites (N-methyl/N-ethyl adjacent to an activating group) is 1. The second-order valence-corrected chi connectivity index (χ2v) is 11.2. The molecule has 1 aromatic rings. The minimum atomic E-state index is -2.09. The third kappa shape index (κ3) is 3.21. The number of nitrogens with zero attached hydrogens (tertiary/aromatic N) is 2. The summed E-state index contributed by atoms with van der Waals surface area (Å²) in [6.07, 6.45) is 7.45. The quantitative estimate of drug-likeness (QED) is 0.441. The van der Waals surface area contributed by atoms with E-state index in [4.69, 9.17) is 14.2 Å². The molecule has 0 bridgehead atoms. The third-order valence-electron chi connectivity index (χ3n) is 9.61. The average Bonchev–Trinajstić information content (AvgIpc) is 3.40. The fourth-order valence-electron chi connectivity index (χ4n) is 8.38. The van der Waals surface area contributed by atoms with Crippen LogP contribution in [0.4, 0.5) is 5.69 Å². The summed E-state index contributed by atoms with van der Waals surface area (Å²) in [4.78, 5) is 30.6. The predicted octanol–water partition coefficient (Wildman–Crippen LogP) is 2.98. The van der Waals surface area contributed by atoms with Crippen molar-refractivity contribution in [1.29, 1.82) is 0 Å². The topological polar surface area (TPSA) is 88.5 Å². The number of rotatable bonds is 7. The van der Waals surface area contributed by atoms with E-state index in [0.29, 0.717) is 6.42 Å². The van der Waals surface area contributed by atoms with Gasteiger partial charge in [0.1, 0.15) is 5.75 Å². The van der Waals surface area contributed by atoms with E-state index >= 15 is 0 Å². The van der Waals surface area contributed by atoms with E-state index in [1.807, 2.05) is 11.9 Å². The van der Waals surface area contributed by atoms with Crippen LogP contribution in [0.1, 0.15) is 57.6 Å². The molecule has 8 nitrogen and oxygen atoms in total. The van der Waals surface area contributed by atoms with Gasteiger partial charge in [-0.25, -0.2) is 4.79 Å². The second-order valence-electron chi connectivity index (χ2n) is 11.2. The number of hydrogen-bond donors (Lipinski definition) is 1. The number of aryl methyl sites for hydroxylation is 1. The molecule has 1 saturated heterocycles. The van der Waals surface area contributed by atoms with Crippen LogP contribution in [0.3, 0.4) is 0 Å².